The van der Waals surface area contributed by atoms with Gasteiger partial charge in [-0.25, -0.2) is 4.79 Å². The highest BCUT2D eigenvalue weighted by Crippen LogP contribution is 2.16. The highest BCUT2D eigenvalue weighted by atomic mass is 16.4. The second kappa shape index (κ2) is 4.96. The quantitative estimate of drug-likeness (QED) is 0.847. The summed E-state index contributed by atoms with van der Waals surface area (Å²) in [4.78, 5) is 22.8. The van der Waals surface area contributed by atoms with Crippen LogP contribution >= 0.6 is 0 Å². The zero-order chi connectivity index (χ0) is 12.3. The molecule has 0 aliphatic heterocycles. The molecule has 1 rings (SSSR count). The fourth-order valence-electron chi connectivity index (χ4n) is 1.63. The van der Waals surface area contributed by atoms with E-state index in [2.05, 4.69) is 0 Å². The summed E-state index contributed by atoms with van der Waals surface area (Å²) in [5.41, 5.74) is 0.586. The molecule has 4 nitrogen and oxygen atoms in total. The van der Waals surface area contributed by atoms with Gasteiger partial charge in [-0.3, -0.25) is 4.79 Å². The summed E-state index contributed by atoms with van der Waals surface area (Å²) in [6.07, 6.45) is 2.01. The predicted octanol–water partition coefficient (Wildman–Crippen LogP) is 1.83. The van der Waals surface area contributed by atoms with Crippen LogP contribution in [0.5, 0.6) is 0 Å². The van der Waals surface area contributed by atoms with Gasteiger partial charge in [-0.1, -0.05) is 13.8 Å². The monoisotopic (exact) mass is 223 g/mol. The maximum atomic E-state index is 11.7. The molecule has 1 N–H and O–H groups in total. The van der Waals surface area contributed by atoms with Gasteiger partial charge < -0.3 is 9.67 Å². The first-order valence-electron chi connectivity index (χ1n) is 5.33. The number of rotatable bonds is 4. The largest absolute Gasteiger partial charge is 0.480 e. The summed E-state index contributed by atoms with van der Waals surface area (Å²) in [5.74, 6) is -0.728. The second-order valence-corrected chi connectivity index (χ2v) is 4.43. The number of aliphatic carboxylic acids is 1. The molecule has 0 saturated carbocycles. The minimum atomic E-state index is -0.959. The summed E-state index contributed by atoms with van der Waals surface area (Å²) in [5, 5.41) is 9.11. The molecule has 0 spiro atoms. The Labute approximate surface area is 94.5 Å². The lowest BCUT2D eigenvalue weighted by Gasteiger charge is -2.17. The lowest BCUT2D eigenvalue weighted by molar-refractivity contribution is -0.141. The Bertz CT molecular complexity index is 434. The van der Waals surface area contributed by atoms with E-state index in [0.717, 1.165) is 5.56 Å². The zero-order valence-electron chi connectivity index (χ0n) is 9.80. The van der Waals surface area contributed by atoms with Crippen molar-refractivity contribution in [2.45, 2.75) is 33.2 Å². The number of carbonyl (C=O) groups is 1. The van der Waals surface area contributed by atoms with Gasteiger partial charge in [0.15, 0.2) is 0 Å². The Hall–Kier alpha value is -1.58. The third-order valence-corrected chi connectivity index (χ3v) is 2.42. The Morgan fingerprint density at radius 1 is 1.50 bits per heavy atom. The number of carboxylic acids is 1. The highest BCUT2D eigenvalue weighted by Gasteiger charge is 2.21. The molecule has 16 heavy (non-hydrogen) atoms. The third kappa shape index (κ3) is 2.95. The van der Waals surface area contributed by atoms with Crippen LogP contribution in [0.15, 0.2) is 23.1 Å². The molecular weight excluding hydrogens is 206 g/mol. The molecule has 0 fully saturated rings. The Morgan fingerprint density at radius 2 is 2.12 bits per heavy atom. The van der Waals surface area contributed by atoms with E-state index in [0.29, 0.717) is 6.42 Å². The third-order valence-electron chi connectivity index (χ3n) is 2.42. The molecule has 88 valence electrons. The van der Waals surface area contributed by atoms with Gasteiger partial charge in [0, 0.05) is 12.3 Å². The van der Waals surface area contributed by atoms with Crippen molar-refractivity contribution in [2.24, 2.45) is 5.92 Å². The van der Waals surface area contributed by atoms with Gasteiger partial charge in [0.25, 0.3) is 5.56 Å². The van der Waals surface area contributed by atoms with Crippen molar-refractivity contribution in [1.82, 2.24) is 4.57 Å². The van der Waals surface area contributed by atoms with Crippen LogP contribution in [0, 0.1) is 12.8 Å². The van der Waals surface area contributed by atoms with E-state index in [1.54, 1.807) is 12.3 Å². The van der Waals surface area contributed by atoms with Crippen LogP contribution in [0.4, 0.5) is 0 Å². The number of hydrogen-bond donors (Lipinski definition) is 1. The summed E-state index contributed by atoms with van der Waals surface area (Å²) in [7, 11) is 0. The predicted molar refractivity (Wildman–Crippen MR) is 61.6 cm³/mol. The molecular formula is C12H17NO3. The lowest BCUT2D eigenvalue weighted by atomic mass is 10.0. The summed E-state index contributed by atoms with van der Waals surface area (Å²) >= 11 is 0. The van der Waals surface area contributed by atoms with Crippen molar-refractivity contribution in [3.05, 3.63) is 34.2 Å². The minimum absolute atomic E-state index is 0.231. The van der Waals surface area contributed by atoms with Gasteiger partial charge in [0.2, 0.25) is 0 Å². The average molecular weight is 223 g/mol. The van der Waals surface area contributed by atoms with Crippen LogP contribution in [-0.2, 0) is 4.79 Å². The van der Waals surface area contributed by atoms with Crippen molar-refractivity contribution < 1.29 is 9.90 Å². The Kier molecular flexibility index (Phi) is 3.88. The molecule has 4 heteroatoms. The molecule has 0 unspecified atom stereocenters. The molecule has 1 aromatic heterocycles. The van der Waals surface area contributed by atoms with E-state index in [1.807, 2.05) is 20.8 Å². The maximum Gasteiger partial charge on any atom is 0.326 e. The zero-order valence-corrected chi connectivity index (χ0v) is 9.80. The van der Waals surface area contributed by atoms with E-state index in [-0.39, 0.29) is 11.5 Å². The van der Waals surface area contributed by atoms with Crippen LogP contribution < -0.4 is 5.56 Å². The first kappa shape index (κ1) is 12.5. The van der Waals surface area contributed by atoms with E-state index >= 15 is 0 Å². The Balaban J connectivity index is 3.11. The SMILES string of the molecule is Cc1ccn([C@@H](CC(C)C)C(=O)O)c(=O)c1. The van der Waals surface area contributed by atoms with Gasteiger partial charge in [0.05, 0.1) is 0 Å². The van der Waals surface area contributed by atoms with E-state index < -0.39 is 12.0 Å². The summed E-state index contributed by atoms with van der Waals surface area (Å²) in [6.45, 7) is 5.69. The van der Waals surface area contributed by atoms with Crippen LogP contribution in [0.25, 0.3) is 0 Å². The second-order valence-electron chi connectivity index (χ2n) is 4.43. The molecule has 0 saturated heterocycles. The normalized spacial score (nSPS) is 12.8. The number of aryl methyl sites for hydroxylation is 1. The maximum absolute atomic E-state index is 11.7. The lowest BCUT2D eigenvalue weighted by Crippen LogP contribution is -2.30. The molecule has 0 radical (unpaired) electrons. The molecule has 1 aromatic rings. The van der Waals surface area contributed by atoms with Crippen molar-refractivity contribution in [3.8, 4) is 0 Å². The topological polar surface area (TPSA) is 59.3 Å². The fourth-order valence-corrected chi connectivity index (χ4v) is 1.63. The first-order valence-corrected chi connectivity index (χ1v) is 5.33. The standard InChI is InChI=1S/C12H17NO3/c1-8(2)6-10(12(15)16)13-5-4-9(3)7-11(13)14/h4-5,7-8,10H,6H2,1-3H3,(H,15,16)/t10-/m0/s1. The highest BCUT2D eigenvalue weighted by molar-refractivity contribution is 5.71. The van der Waals surface area contributed by atoms with Gasteiger partial charge in [0.1, 0.15) is 6.04 Å². The number of pyridine rings is 1. The summed E-state index contributed by atoms with van der Waals surface area (Å²) < 4.78 is 1.29. The van der Waals surface area contributed by atoms with E-state index in [4.69, 9.17) is 5.11 Å². The van der Waals surface area contributed by atoms with Crippen LogP contribution in [0.1, 0.15) is 31.9 Å². The fraction of sp³-hybridized carbons (Fsp3) is 0.500. The van der Waals surface area contributed by atoms with Crippen LogP contribution in [0.2, 0.25) is 0 Å². The average Bonchev–Trinajstić information content (AvgIpc) is 2.14. The molecule has 1 heterocycles. The number of aromatic nitrogens is 1. The molecule has 0 aliphatic carbocycles. The first-order chi connectivity index (χ1) is 7.41. The molecule has 0 amide bonds. The van der Waals surface area contributed by atoms with Gasteiger partial charge in [-0.2, -0.15) is 0 Å². The van der Waals surface area contributed by atoms with E-state index in [9.17, 15) is 9.59 Å². The number of hydrogen-bond acceptors (Lipinski definition) is 2. The molecule has 0 bridgehead atoms. The minimum Gasteiger partial charge on any atom is -0.480 e. The van der Waals surface area contributed by atoms with E-state index in [1.165, 1.54) is 10.6 Å². The number of nitrogens with zero attached hydrogens (tertiary/aromatic N) is 1. The van der Waals surface area contributed by atoms with Gasteiger partial charge in [-0.15, -0.1) is 0 Å². The van der Waals surface area contributed by atoms with Crippen molar-refractivity contribution in [1.29, 1.82) is 0 Å². The van der Waals surface area contributed by atoms with Crippen molar-refractivity contribution in [3.63, 3.8) is 0 Å². The molecule has 0 aliphatic rings. The smallest absolute Gasteiger partial charge is 0.326 e. The van der Waals surface area contributed by atoms with Gasteiger partial charge >= 0.3 is 5.97 Å². The summed E-state index contributed by atoms with van der Waals surface area (Å²) in [6, 6.07) is 2.43. The van der Waals surface area contributed by atoms with Gasteiger partial charge in [-0.05, 0) is 30.9 Å². The molecule has 0 aromatic carbocycles. The van der Waals surface area contributed by atoms with Crippen molar-refractivity contribution in [2.75, 3.05) is 0 Å². The van der Waals surface area contributed by atoms with Crippen LogP contribution in [-0.4, -0.2) is 15.6 Å². The molecule has 1 atom stereocenters. The van der Waals surface area contributed by atoms with Crippen molar-refractivity contribution >= 4 is 5.97 Å². The number of carboxylic acid groups (broad SMARTS) is 1. The van der Waals surface area contributed by atoms with Crippen LogP contribution in [0.3, 0.4) is 0 Å². The Morgan fingerprint density at radius 3 is 2.56 bits per heavy atom.